The van der Waals surface area contributed by atoms with Gasteiger partial charge in [-0.3, -0.25) is 19.4 Å². The molecular weight excluding hydrogens is 278 g/mol. The number of pyridine rings is 1. The van der Waals surface area contributed by atoms with E-state index in [-0.39, 0.29) is 5.56 Å². The second-order valence-electron chi connectivity index (χ2n) is 5.72. The summed E-state index contributed by atoms with van der Waals surface area (Å²) >= 11 is 0. The van der Waals surface area contributed by atoms with Gasteiger partial charge in [0.25, 0.3) is 5.56 Å². The van der Waals surface area contributed by atoms with Gasteiger partial charge in [0.1, 0.15) is 0 Å². The molecule has 22 heavy (non-hydrogen) atoms. The third-order valence-electron chi connectivity index (χ3n) is 4.36. The lowest BCUT2D eigenvalue weighted by molar-refractivity contribution is 0.641. The van der Waals surface area contributed by atoms with Crippen LogP contribution < -0.4 is 5.56 Å². The number of nitrogens with zero attached hydrogens (tertiary/aromatic N) is 4. The molecule has 0 amide bonds. The molecule has 0 atom stereocenters. The quantitative estimate of drug-likeness (QED) is 0.797. The fourth-order valence-corrected chi connectivity index (χ4v) is 3.15. The minimum atomic E-state index is -0.0168. The van der Waals surface area contributed by atoms with Crippen molar-refractivity contribution in [3.8, 4) is 0 Å². The number of hydrogen-bond donors (Lipinski definition) is 1. The number of fused-ring (bicyclic) bond motifs is 2. The number of hydrogen-bond acceptors (Lipinski definition) is 4. The molecule has 6 nitrogen and oxygen atoms in total. The Balaban J connectivity index is 1.61. The molecule has 0 aromatic carbocycles. The number of aromatic nitrogens is 5. The van der Waals surface area contributed by atoms with Gasteiger partial charge < -0.3 is 0 Å². The molecule has 0 aliphatic heterocycles. The van der Waals surface area contributed by atoms with E-state index >= 15 is 0 Å². The maximum Gasteiger partial charge on any atom is 0.261 e. The van der Waals surface area contributed by atoms with Crippen molar-refractivity contribution in [3.63, 3.8) is 0 Å². The summed E-state index contributed by atoms with van der Waals surface area (Å²) in [6, 6.07) is 1.72. The molecule has 1 aliphatic carbocycles. The fraction of sp³-hybridized carbons (Fsp3) is 0.375. The van der Waals surface area contributed by atoms with Gasteiger partial charge in [-0.25, -0.2) is 4.98 Å². The Morgan fingerprint density at radius 2 is 2.18 bits per heavy atom. The minimum absolute atomic E-state index is 0.0168. The maximum atomic E-state index is 12.4. The second-order valence-corrected chi connectivity index (χ2v) is 5.72. The maximum absolute atomic E-state index is 12.4. The largest absolute Gasteiger partial charge is 0.298 e. The Bertz CT molecular complexity index is 880. The van der Waals surface area contributed by atoms with Gasteiger partial charge >= 0.3 is 0 Å². The van der Waals surface area contributed by atoms with Crippen molar-refractivity contribution in [1.82, 2.24) is 24.7 Å². The van der Waals surface area contributed by atoms with E-state index in [9.17, 15) is 4.79 Å². The topological polar surface area (TPSA) is 76.5 Å². The average molecular weight is 295 g/mol. The first-order chi connectivity index (χ1) is 10.8. The molecule has 3 aromatic rings. The summed E-state index contributed by atoms with van der Waals surface area (Å²) in [5.74, 6) is 0. The smallest absolute Gasteiger partial charge is 0.261 e. The Morgan fingerprint density at radius 3 is 3.14 bits per heavy atom. The average Bonchev–Trinajstić information content (AvgIpc) is 2.98. The van der Waals surface area contributed by atoms with Crippen molar-refractivity contribution >= 4 is 10.9 Å². The highest BCUT2D eigenvalue weighted by Gasteiger charge is 2.16. The van der Waals surface area contributed by atoms with Crippen molar-refractivity contribution in [3.05, 3.63) is 52.1 Å². The highest BCUT2D eigenvalue weighted by atomic mass is 16.1. The van der Waals surface area contributed by atoms with Crippen LogP contribution in [0.3, 0.4) is 0 Å². The summed E-state index contributed by atoms with van der Waals surface area (Å²) in [6.07, 6.45) is 10.2. The van der Waals surface area contributed by atoms with Crippen LogP contribution in [0.2, 0.25) is 0 Å². The second kappa shape index (κ2) is 5.36. The van der Waals surface area contributed by atoms with Crippen LogP contribution in [0.5, 0.6) is 0 Å². The number of aromatic amines is 1. The van der Waals surface area contributed by atoms with Crippen LogP contribution >= 0.6 is 0 Å². The summed E-state index contributed by atoms with van der Waals surface area (Å²) in [5.41, 5.74) is 4.35. The summed E-state index contributed by atoms with van der Waals surface area (Å²) in [7, 11) is 0. The number of aryl methyl sites for hydroxylation is 3. The first kappa shape index (κ1) is 13.2. The van der Waals surface area contributed by atoms with E-state index in [1.807, 2.05) is 0 Å². The van der Waals surface area contributed by atoms with Gasteiger partial charge in [-0.15, -0.1) is 0 Å². The van der Waals surface area contributed by atoms with Gasteiger partial charge in [0.2, 0.25) is 0 Å². The molecule has 0 spiro atoms. The molecule has 0 saturated carbocycles. The van der Waals surface area contributed by atoms with Crippen LogP contribution in [-0.4, -0.2) is 24.7 Å². The van der Waals surface area contributed by atoms with Crippen molar-refractivity contribution in [1.29, 1.82) is 0 Å². The first-order valence-electron chi connectivity index (χ1n) is 7.67. The van der Waals surface area contributed by atoms with E-state index in [0.29, 0.717) is 17.4 Å². The third kappa shape index (κ3) is 2.20. The molecule has 112 valence electrons. The third-order valence-corrected chi connectivity index (χ3v) is 4.36. The monoisotopic (exact) mass is 295 g/mol. The van der Waals surface area contributed by atoms with Crippen LogP contribution in [0.25, 0.3) is 10.9 Å². The van der Waals surface area contributed by atoms with E-state index < -0.39 is 0 Å². The molecule has 0 fully saturated rings. The summed E-state index contributed by atoms with van der Waals surface area (Å²) in [4.78, 5) is 20.7. The standard InChI is InChI=1S/C16H17N5O/c22-16-12-5-7-17-9-15(12)18-10-21(16)8-6-14-11-3-1-2-4-13(11)19-20-14/h5,7,9-10H,1-4,6,8H2,(H,19,20). The lowest BCUT2D eigenvalue weighted by Gasteiger charge is -2.11. The molecule has 1 N–H and O–H groups in total. The molecule has 6 heteroatoms. The minimum Gasteiger partial charge on any atom is -0.298 e. The molecular formula is C16H17N5O. The van der Waals surface area contributed by atoms with E-state index in [1.54, 1.807) is 29.4 Å². The van der Waals surface area contributed by atoms with Crippen LogP contribution in [0.4, 0.5) is 0 Å². The number of nitrogens with one attached hydrogen (secondary N) is 1. The predicted octanol–water partition coefficient (Wildman–Crippen LogP) is 1.64. The zero-order valence-corrected chi connectivity index (χ0v) is 12.2. The zero-order valence-electron chi connectivity index (χ0n) is 12.2. The Hall–Kier alpha value is -2.50. The molecule has 3 heterocycles. The van der Waals surface area contributed by atoms with Crippen LogP contribution in [-0.2, 0) is 25.8 Å². The zero-order chi connectivity index (χ0) is 14.9. The molecule has 4 rings (SSSR count). The molecule has 0 saturated heterocycles. The summed E-state index contributed by atoms with van der Waals surface area (Å²) in [5, 5.41) is 8.19. The van der Waals surface area contributed by atoms with Gasteiger partial charge in [0, 0.05) is 24.9 Å². The van der Waals surface area contributed by atoms with Crippen LogP contribution in [0, 0.1) is 0 Å². The van der Waals surface area contributed by atoms with E-state index in [2.05, 4.69) is 20.2 Å². The lowest BCUT2D eigenvalue weighted by Crippen LogP contribution is -2.22. The summed E-state index contributed by atoms with van der Waals surface area (Å²) < 4.78 is 1.66. The Morgan fingerprint density at radius 1 is 1.27 bits per heavy atom. The highest BCUT2D eigenvalue weighted by molar-refractivity contribution is 5.75. The van der Waals surface area contributed by atoms with Crippen molar-refractivity contribution in [2.75, 3.05) is 0 Å². The number of H-pyrrole nitrogens is 1. The molecule has 1 aliphatic rings. The predicted molar refractivity (Wildman–Crippen MR) is 82.7 cm³/mol. The Kier molecular flexibility index (Phi) is 3.21. The van der Waals surface area contributed by atoms with Crippen LogP contribution in [0.15, 0.2) is 29.6 Å². The highest BCUT2D eigenvalue weighted by Crippen LogP contribution is 2.22. The van der Waals surface area contributed by atoms with Crippen molar-refractivity contribution < 1.29 is 0 Å². The number of rotatable bonds is 3. The fourth-order valence-electron chi connectivity index (χ4n) is 3.15. The van der Waals surface area contributed by atoms with E-state index in [1.165, 1.54) is 24.1 Å². The van der Waals surface area contributed by atoms with E-state index in [4.69, 9.17) is 0 Å². The molecule has 0 radical (unpaired) electrons. The van der Waals surface area contributed by atoms with Crippen molar-refractivity contribution in [2.24, 2.45) is 0 Å². The first-order valence-corrected chi connectivity index (χ1v) is 7.67. The Labute approximate surface area is 127 Å². The van der Waals surface area contributed by atoms with Crippen molar-refractivity contribution in [2.45, 2.75) is 38.6 Å². The molecule has 3 aromatic heterocycles. The molecule has 0 unspecified atom stereocenters. The van der Waals surface area contributed by atoms with Gasteiger partial charge in [0.15, 0.2) is 0 Å². The van der Waals surface area contributed by atoms with Gasteiger partial charge in [0.05, 0.1) is 29.1 Å². The summed E-state index contributed by atoms with van der Waals surface area (Å²) in [6.45, 7) is 0.599. The SMILES string of the molecule is O=c1c2ccncc2ncn1CCc1n[nH]c2c1CCCC2. The van der Waals surface area contributed by atoms with Gasteiger partial charge in [-0.2, -0.15) is 5.10 Å². The van der Waals surface area contributed by atoms with Crippen LogP contribution in [0.1, 0.15) is 29.8 Å². The lowest BCUT2D eigenvalue weighted by atomic mass is 9.95. The molecule has 0 bridgehead atoms. The van der Waals surface area contributed by atoms with E-state index in [0.717, 1.165) is 25.0 Å². The normalized spacial score (nSPS) is 14.2. The van der Waals surface area contributed by atoms with Gasteiger partial charge in [-0.1, -0.05) is 0 Å². The van der Waals surface area contributed by atoms with Gasteiger partial charge in [-0.05, 0) is 37.3 Å².